The molecule has 0 amide bonds. The van der Waals surface area contributed by atoms with Crippen LogP contribution in [0.1, 0.15) is 46.5 Å². The predicted molar refractivity (Wildman–Crippen MR) is 85.5 cm³/mol. The van der Waals surface area contributed by atoms with Crippen LogP contribution in [0.15, 0.2) is 12.1 Å². The highest BCUT2D eigenvalue weighted by Gasteiger charge is 2.34. The molecule has 21 heavy (non-hydrogen) atoms. The van der Waals surface area contributed by atoms with Crippen LogP contribution in [-0.4, -0.2) is 28.3 Å². The fourth-order valence-electron chi connectivity index (χ4n) is 3.07. The minimum absolute atomic E-state index is 0.0246. The van der Waals surface area contributed by atoms with Crippen LogP contribution in [0.5, 0.6) is 5.88 Å². The summed E-state index contributed by atoms with van der Waals surface area (Å²) in [6.45, 7) is 6.23. The summed E-state index contributed by atoms with van der Waals surface area (Å²) in [6.07, 6.45) is 4.28. The van der Waals surface area contributed by atoms with Crippen molar-refractivity contribution in [2.24, 2.45) is 5.92 Å². The standard InChI is InChI=1S/C16H27N3O2/c1-11(2)21-15-13(17)6-7-14(18-15)19-16(10-20)8-4-5-12(3)9-16/h6-7,11-12,20H,4-5,8-10,17H2,1-3H3,(H,18,19). The molecule has 0 spiro atoms. The zero-order chi connectivity index (χ0) is 15.5. The molecule has 0 aromatic carbocycles. The van der Waals surface area contributed by atoms with Crippen LogP contribution in [0.25, 0.3) is 0 Å². The van der Waals surface area contributed by atoms with Gasteiger partial charge in [-0.25, -0.2) is 0 Å². The smallest absolute Gasteiger partial charge is 0.239 e. The maximum atomic E-state index is 9.84. The van der Waals surface area contributed by atoms with Gasteiger partial charge in [-0.15, -0.1) is 0 Å². The maximum absolute atomic E-state index is 9.84. The molecule has 5 heteroatoms. The minimum Gasteiger partial charge on any atom is -0.473 e. The van der Waals surface area contributed by atoms with Crippen molar-refractivity contribution in [3.8, 4) is 5.88 Å². The topological polar surface area (TPSA) is 80.4 Å². The van der Waals surface area contributed by atoms with Crippen LogP contribution < -0.4 is 15.8 Å². The van der Waals surface area contributed by atoms with Crippen molar-refractivity contribution >= 4 is 11.5 Å². The van der Waals surface area contributed by atoms with Gasteiger partial charge in [-0.1, -0.05) is 19.8 Å². The van der Waals surface area contributed by atoms with Gasteiger partial charge in [-0.05, 0) is 44.7 Å². The van der Waals surface area contributed by atoms with E-state index in [9.17, 15) is 5.11 Å². The van der Waals surface area contributed by atoms with Crippen LogP contribution >= 0.6 is 0 Å². The fraction of sp³-hybridized carbons (Fsp3) is 0.688. The molecule has 2 unspecified atom stereocenters. The van der Waals surface area contributed by atoms with Crippen molar-refractivity contribution in [3.05, 3.63) is 12.1 Å². The van der Waals surface area contributed by atoms with Crippen molar-refractivity contribution in [1.29, 1.82) is 0 Å². The molecule has 2 atom stereocenters. The molecule has 1 fully saturated rings. The summed E-state index contributed by atoms with van der Waals surface area (Å²) in [5.74, 6) is 1.77. The molecule has 1 saturated carbocycles. The number of nitrogens with two attached hydrogens (primary N) is 1. The molecule has 4 N–H and O–H groups in total. The summed E-state index contributed by atoms with van der Waals surface area (Å²) in [6, 6.07) is 3.64. The Hall–Kier alpha value is -1.49. The molecule has 1 aromatic heterocycles. The van der Waals surface area contributed by atoms with E-state index < -0.39 is 0 Å². The molecule has 0 radical (unpaired) electrons. The Morgan fingerprint density at radius 3 is 2.90 bits per heavy atom. The van der Waals surface area contributed by atoms with Gasteiger partial charge in [0.25, 0.3) is 0 Å². The second-order valence-electron chi connectivity index (χ2n) is 6.52. The van der Waals surface area contributed by atoms with E-state index in [1.165, 1.54) is 6.42 Å². The van der Waals surface area contributed by atoms with Crippen molar-refractivity contribution < 1.29 is 9.84 Å². The third-order valence-corrected chi connectivity index (χ3v) is 4.02. The average Bonchev–Trinajstić information content (AvgIpc) is 2.42. The van der Waals surface area contributed by atoms with Gasteiger partial charge < -0.3 is 20.9 Å². The summed E-state index contributed by atoms with van der Waals surface area (Å²) in [4.78, 5) is 4.46. The Labute approximate surface area is 126 Å². The Morgan fingerprint density at radius 2 is 2.29 bits per heavy atom. The van der Waals surface area contributed by atoms with Crippen molar-refractivity contribution in [2.75, 3.05) is 17.7 Å². The lowest BCUT2D eigenvalue weighted by Gasteiger charge is -2.39. The minimum atomic E-state index is -0.282. The number of nitrogens with zero attached hydrogens (tertiary/aromatic N) is 1. The zero-order valence-electron chi connectivity index (χ0n) is 13.2. The van der Waals surface area contributed by atoms with Gasteiger partial charge in [-0.3, -0.25) is 0 Å². The van der Waals surface area contributed by atoms with Crippen molar-refractivity contribution in [2.45, 2.75) is 58.1 Å². The second-order valence-corrected chi connectivity index (χ2v) is 6.52. The lowest BCUT2D eigenvalue weighted by molar-refractivity contribution is 0.149. The molecule has 0 bridgehead atoms. The molecule has 1 aliphatic rings. The van der Waals surface area contributed by atoms with Gasteiger partial charge in [0.1, 0.15) is 5.82 Å². The van der Waals surface area contributed by atoms with Gasteiger partial charge in [-0.2, -0.15) is 4.98 Å². The van der Waals surface area contributed by atoms with Crippen LogP contribution in [0, 0.1) is 5.92 Å². The molecule has 1 heterocycles. The number of pyridine rings is 1. The van der Waals surface area contributed by atoms with Crippen LogP contribution in [0.3, 0.4) is 0 Å². The quantitative estimate of drug-likeness (QED) is 0.778. The Bertz CT molecular complexity index is 479. The number of aliphatic hydroxyl groups excluding tert-OH is 1. The Morgan fingerprint density at radius 1 is 1.52 bits per heavy atom. The summed E-state index contributed by atoms with van der Waals surface area (Å²) in [7, 11) is 0. The summed E-state index contributed by atoms with van der Waals surface area (Å²) >= 11 is 0. The fourth-order valence-corrected chi connectivity index (χ4v) is 3.07. The van der Waals surface area contributed by atoms with E-state index in [-0.39, 0.29) is 18.2 Å². The molecular weight excluding hydrogens is 266 g/mol. The highest BCUT2D eigenvalue weighted by Crippen LogP contribution is 2.35. The van der Waals surface area contributed by atoms with E-state index in [4.69, 9.17) is 10.5 Å². The molecule has 5 nitrogen and oxygen atoms in total. The first-order valence-corrected chi connectivity index (χ1v) is 7.76. The monoisotopic (exact) mass is 293 g/mol. The summed E-state index contributed by atoms with van der Waals surface area (Å²) in [5.41, 5.74) is 6.14. The second kappa shape index (κ2) is 6.52. The average molecular weight is 293 g/mol. The SMILES string of the molecule is CC1CCCC(CO)(Nc2ccc(N)c(OC(C)C)n2)C1. The molecular formula is C16H27N3O2. The first-order chi connectivity index (χ1) is 9.94. The van der Waals surface area contributed by atoms with Crippen LogP contribution in [0.4, 0.5) is 11.5 Å². The first kappa shape index (κ1) is 15.9. The number of hydrogen-bond acceptors (Lipinski definition) is 5. The van der Waals surface area contributed by atoms with Gasteiger partial charge in [0.05, 0.1) is 23.9 Å². The molecule has 118 valence electrons. The van der Waals surface area contributed by atoms with Crippen molar-refractivity contribution in [1.82, 2.24) is 4.98 Å². The Kier molecular flexibility index (Phi) is 4.93. The van der Waals surface area contributed by atoms with E-state index in [1.807, 2.05) is 19.9 Å². The number of hydrogen-bond donors (Lipinski definition) is 3. The van der Waals surface area contributed by atoms with E-state index in [2.05, 4.69) is 17.2 Å². The number of anilines is 2. The molecule has 0 saturated heterocycles. The third kappa shape index (κ3) is 4.00. The third-order valence-electron chi connectivity index (χ3n) is 4.02. The first-order valence-electron chi connectivity index (χ1n) is 7.76. The van der Waals surface area contributed by atoms with E-state index >= 15 is 0 Å². The highest BCUT2D eigenvalue weighted by atomic mass is 16.5. The van der Waals surface area contributed by atoms with Gasteiger partial charge in [0, 0.05) is 0 Å². The summed E-state index contributed by atoms with van der Waals surface area (Å²) in [5, 5.41) is 13.3. The predicted octanol–water partition coefficient (Wildman–Crippen LogP) is 2.80. The van der Waals surface area contributed by atoms with Gasteiger partial charge in [0.15, 0.2) is 0 Å². The lowest BCUT2D eigenvalue weighted by atomic mass is 9.77. The molecule has 0 aliphatic heterocycles. The number of rotatable bonds is 5. The van der Waals surface area contributed by atoms with E-state index in [1.54, 1.807) is 6.07 Å². The van der Waals surface area contributed by atoms with Crippen LogP contribution in [-0.2, 0) is 0 Å². The summed E-state index contributed by atoms with van der Waals surface area (Å²) < 4.78 is 5.62. The number of ether oxygens (including phenoxy) is 1. The number of nitrogen functional groups attached to an aromatic ring is 1. The maximum Gasteiger partial charge on any atom is 0.239 e. The zero-order valence-corrected chi connectivity index (χ0v) is 13.2. The number of aliphatic hydroxyl groups is 1. The number of nitrogens with one attached hydrogen (secondary N) is 1. The lowest BCUT2D eigenvalue weighted by Crippen LogP contribution is -2.46. The van der Waals surface area contributed by atoms with E-state index in [0.717, 1.165) is 19.3 Å². The Balaban J connectivity index is 2.17. The van der Waals surface area contributed by atoms with Crippen molar-refractivity contribution in [3.63, 3.8) is 0 Å². The molecule has 1 aliphatic carbocycles. The van der Waals surface area contributed by atoms with E-state index in [0.29, 0.717) is 23.3 Å². The highest BCUT2D eigenvalue weighted by molar-refractivity contribution is 5.54. The van der Waals surface area contributed by atoms with Crippen LogP contribution in [0.2, 0.25) is 0 Å². The largest absolute Gasteiger partial charge is 0.473 e. The van der Waals surface area contributed by atoms with Gasteiger partial charge in [0.2, 0.25) is 5.88 Å². The van der Waals surface area contributed by atoms with Gasteiger partial charge >= 0.3 is 0 Å². The normalized spacial score (nSPS) is 25.9. The molecule has 1 aromatic rings. The molecule has 2 rings (SSSR count). The number of aromatic nitrogens is 1.